The monoisotopic (exact) mass is 814 g/mol. The first-order valence-corrected chi connectivity index (χ1v) is 10.0. The molecule has 34 heteroatoms. The molecule has 0 radical (unpaired) electrons. The van der Waals surface area contributed by atoms with Crippen LogP contribution in [0.5, 0.6) is 0 Å². The van der Waals surface area contributed by atoms with Crippen LogP contribution in [0.3, 0.4) is 0 Å². The van der Waals surface area contributed by atoms with Crippen LogP contribution in [0.25, 0.3) is 0 Å². The summed E-state index contributed by atoms with van der Waals surface area (Å²) in [7, 11) is 0. The quantitative estimate of drug-likeness (QED) is 0.189. The van der Waals surface area contributed by atoms with Gasteiger partial charge in [0, 0.05) is 0 Å². The van der Waals surface area contributed by atoms with Gasteiger partial charge in [-0.25, -0.2) is 0 Å². The summed E-state index contributed by atoms with van der Waals surface area (Å²) in [5.41, 5.74) is 0. The maximum atomic E-state index is 14.3. The Morgan fingerprint density at radius 1 is 0.286 bits per heavy atom. The number of alkyl halides is 29. The van der Waals surface area contributed by atoms with E-state index in [1.54, 1.807) is 0 Å². The molecule has 4 unspecified atom stereocenters. The zero-order valence-corrected chi connectivity index (χ0v) is 20.7. The molecule has 0 amide bonds. The van der Waals surface area contributed by atoms with Crippen LogP contribution >= 0.6 is 0 Å². The van der Waals surface area contributed by atoms with Gasteiger partial charge in [0.25, 0.3) is 0 Å². The van der Waals surface area contributed by atoms with E-state index >= 15 is 0 Å². The third kappa shape index (κ3) is 7.84. The van der Waals surface area contributed by atoms with Crippen LogP contribution in [-0.4, -0.2) is 96.4 Å². The minimum Gasteiger partial charge on any atom is -0.390 e. The van der Waals surface area contributed by atoms with Crippen LogP contribution in [0.2, 0.25) is 0 Å². The summed E-state index contributed by atoms with van der Waals surface area (Å²) in [6, 6.07) is 0. The Kier molecular flexibility index (Phi) is 11.6. The largest absolute Gasteiger partial charge is 0.462 e. The fourth-order valence-electron chi connectivity index (χ4n) is 2.19. The molecule has 0 aromatic rings. The van der Waals surface area contributed by atoms with Crippen LogP contribution < -0.4 is 0 Å². The molecule has 0 aromatic heterocycles. The molecule has 49 heavy (non-hydrogen) atoms. The minimum absolute atomic E-state index is 0.845. The highest BCUT2D eigenvalue weighted by Crippen LogP contribution is 2.61. The minimum atomic E-state index is -9.19. The van der Waals surface area contributed by atoms with Gasteiger partial charge < -0.3 is 5.11 Å². The molecular weight excluding hydrogens is 811 g/mol. The van der Waals surface area contributed by atoms with Gasteiger partial charge in [0.1, 0.15) is 6.61 Å². The Morgan fingerprint density at radius 2 is 0.510 bits per heavy atom. The lowest BCUT2D eigenvalue weighted by Crippen LogP contribution is -2.72. The highest BCUT2D eigenvalue weighted by molar-refractivity contribution is 4.99. The van der Waals surface area contributed by atoms with Crippen LogP contribution in [-0.2, 0) is 18.9 Å². The molecule has 0 aliphatic rings. The summed E-state index contributed by atoms with van der Waals surface area (Å²) in [6.07, 6.45) is -76.7. The Morgan fingerprint density at radius 3 is 0.694 bits per heavy atom. The molecule has 0 aromatic carbocycles. The van der Waals surface area contributed by atoms with Crippen molar-refractivity contribution in [2.45, 2.75) is 84.7 Å². The van der Waals surface area contributed by atoms with Crippen molar-refractivity contribution in [1.82, 2.24) is 0 Å². The lowest BCUT2D eigenvalue weighted by atomic mass is 10.2. The number of aliphatic hydroxyl groups is 1. The Bertz CT molecular complexity index is 1150. The van der Waals surface area contributed by atoms with E-state index in [2.05, 4.69) is 0 Å². The molecule has 0 saturated carbocycles. The number of hydrogen-bond acceptors (Lipinski definition) is 5. The lowest BCUT2D eigenvalue weighted by Gasteiger charge is -2.44. The average Bonchev–Trinajstić information content (AvgIpc) is 2.78. The second-order valence-corrected chi connectivity index (χ2v) is 8.21. The van der Waals surface area contributed by atoms with Gasteiger partial charge in [0.15, 0.2) is 0 Å². The van der Waals surface area contributed by atoms with Crippen LogP contribution in [0, 0.1) is 0 Å². The summed E-state index contributed by atoms with van der Waals surface area (Å²) in [5, 5.41) is 8.11. The first-order chi connectivity index (χ1) is 20.6. The summed E-state index contributed by atoms with van der Waals surface area (Å²) in [5.74, 6) is -42.2. The fourth-order valence-corrected chi connectivity index (χ4v) is 2.19. The number of halogens is 29. The molecule has 5 nitrogen and oxygen atoms in total. The molecule has 0 heterocycles. The molecule has 0 aliphatic heterocycles. The molecule has 4 atom stereocenters. The summed E-state index contributed by atoms with van der Waals surface area (Å²) < 4.78 is 386. The van der Waals surface area contributed by atoms with Crippen molar-refractivity contribution in [3.8, 4) is 0 Å². The Hall–Kier alpha value is -2.23. The van der Waals surface area contributed by atoms with Gasteiger partial charge in [0.2, 0.25) is 0 Å². The van der Waals surface area contributed by atoms with E-state index in [1.165, 1.54) is 4.74 Å². The van der Waals surface area contributed by atoms with Crippen LogP contribution in [0.15, 0.2) is 0 Å². The zero-order valence-electron chi connectivity index (χ0n) is 20.7. The maximum Gasteiger partial charge on any atom is 0.462 e. The van der Waals surface area contributed by atoms with Crippen LogP contribution in [0.1, 0.15) is 0 Å². The van der Waals surface area contributed by atoms with E-state index in [1.807, 2.05) is 0 Å². The maximum absolute atomic E-state index is 14.3. The van der Waals surface area contributed by atoms with E-state index in [4.69, 9.17) is 5.11 Å². The van der Waals surface area contributed by atoms with Crippen molar-refractivity contribution >= 4 is 0 Å². The SMILES string of the molecule is OCC(F)(OC(F)(F)C(F)(OC(F)(F)C(F)(OC(F)(F)C(F)(OC(F)(F)C(F)(F)C(F)(F)F)C(F)(F)F)C(F)(F)F)C(F)(F)F)C(F)(F)F. The number of rotatable bonds is 13. The van der Waals surface area contributed by atoms with Gasteiger partial charge in [-0.05, 0) is 0 Å². The lowest BCUT2D eigenvalue weighted by molar-refractivity contribution is -0.593. The van der Waals surface area contributed by atoms with Gasteiger partial charge in [0.05, 0.1) is 0 Å². The first-order valence-electron chi connectivity index (χ1n) is 10.0. The molecule has 296 valence electrons. The molecule has 1 N–H and O–H groups in total. The predicted molar refractivity (Wildman–Crippen MR) is 81.8 cm³/mol. The number of aliphatic hydroxyl groups excluding tert-OH is 1. The predicted octanol–water partition coefficient (Wildman–Crippen LogP) is 8.53. The first kappa shape index (κ1) is 46.8. The highest BCUT2D eigenvalue weighted by Gasteiger charge is 2.90. The highest BCUT2D eigenvalue weighted by atomic mass is 19.4. The normalized spacial score (nSPS) is 20.7. The van der Waals surface area contributed by atoms with Crippen molar-refractivity contribution in [3.63, 3.8) is 0 Å². The van der Waals surface area contributed by atoms with Crippen molar-refractivity contribution in [2.24, 2.45) is 0 Å². The standard InChI is InChI=1S/C15H3F29O5/c16-2(1-45,7(22,23)24)46-13(39,40)4(19,9(28,29)30)48-15(43,44)6(21,11(34,35)36)49-14(41,42)5(20,10(31,32)33)47-12(37,38)3(17,18)8(25,26)27/h45H,1H2. The van der Waals surface area contributed by atoms with Gasteiger partial charge in [-0.1, -0.05) is 0 Å². The van der Waals surface area contributed by atoms with E-state index in [9.17, 15) is 127 Å². The van der Waals surface area contributed by atoms with Crippen molar-refractivity contribution in [3.05, 3.63) is 0 Å². The third-order valence-electron chi connectivity index (χ3n) is 4.66. The Labute approximate surface area is 244 Å². The zero-order chi connectivity index (χ0) is 40.5. The van der Waals surface area contributed by atoms with Crippen molar-refractivity contribution in [1.29, 1.82) is 0 Å². The number of ether oxygens (including phenoxy) is 4. The van der Waals surface area contributed by atoms with E-state index in [0.717, 1.165) is 14.2 Å². The summed E-state index contributed by atoms with van der Waals surface area (Å²) >= 11 is 0. The van der Waals surface area contributed by atoms with Crippen molar-refractivity contribution in [2.75, 3.05) is 6.61 Å². The molecule has 0 fully saturated rings. The van der Waals surface area contributed by atoms with Gasteiger partial charge in [-0.2, -0.15) is 127 Å². The van der Waals surface area contributed by atoms with E-state index < -0.39 is 91.3 Å². The molecule has 0 spiro atoms. The summed E-state index contributed by atoms with van der Waals surface area (Å²) in [6.45, 7) is -3.78. The van der Waals surface area contributed by atoms with Crippen LogP contribution in [0.4, 0.5) is 127 Å². The molecule has 0 saturated heterocycles. The van der Waals surface area contributed by atoms with Crippen molar-refractivity contribution < 1.29 is 151 Å². The van der Waals surface area contributed by atoms with Gasteiger partial charge in [-0.3, -0.25) is 18.9 Å². The van der Waals surface area contributed by atoms with Gasteiger partial charge >= 0.3 is 84.7 Å². The third-order valence-corrected chi connectivity index (χ3v) is 4.66. The fraction of sp³-hybridized carbons (Fsp3) is 1.00. The smallest absolute Gasteiger partial charge is 0.390 e. The van der Waals surface area contributed by atoms with E-state index in [-0.39, 0.29) is 0 Å². The Balaban J connectivity index is 7.61. The molecular formula is C15H3F29O5. The average molecular weight is 814 g/mol. The summed E-state index contributed by atoms with van der Waals surface area (Å²) in [4.78, 5) is 0. The molecule has 0 aliphatic carbocycles. The molecule has 0 rings (SSSR count). The van der Waals surface area contributed by atoms with E-state index in [0.29, 0.717) is 0 Å². The van der Waals surface area contributed by atoms with Gasteiger partial charge in [-0.15, -0.1) is 0 Å². The second kappa shape index (κ2) is 12.2. The molecule has 0 bridgehead atoms. The number of hydrogen-bond donors (Lipinski definition) is 1. The second-order valence-electron chi connectivity index (χ2n) is 8.21. The topological polar surface area (TPSA) is 57.2 Å².